The van der Waals surface area contributed by atoms with Crippen LogP contribution >= 0.6 is 0 Å². The minimum Gasteiger partial charge on any atom is -0.309 e. The molecule has 106 valence electrons. The van der Waals surface area contributed by atoms with Crippen LogP contribution in [0.25, 0.3) is 0 Å². The molecule has 2 nitrogen and oxygen atoms in total. The lowest BCUT2D eigenvalue weighted by Gasteiger charge is -2.44. The average Bonchev–Trinajstić information content (AvgIpc) is 2.33. The molecular weight excluding hydrogens is 246 g/mol. The maximum absolute atomic E-state index is 12.7. The standard InChI is InChI=1S/C15H22F2N2/c1-15(2)11-19(10-14(16)17)13(9-18-15)8-12-6-4-3-5-7-12/h3-7,13-14,18H,8-11H2,1-2H3. The Kier molecular flexibility index (Phi) is 4.53. The minimum atomic E-state index is -2.27. The summed E-state index contributed by atoms with van der Waals surface area (Å²) in [7, 11) is 0. The van der Waals surface area contributed by atoms with Crippen LogP contribution in [0.1, 0.15) is 19.4 Å². The van der Waals surface area contributed by atoms with E-state index in [4.69, 9.17) is 0 Å². The molecule has 1 unspecified atom stereocenters. The Bertz CT molecular complexity index is 392. The van der Waals surface area contributed by atoms with Crippen molar-refractivity contribution in [2.24, 2.45) is 0 Å². The molecule has 1 atom stereocenters. The molecule has 19 heavy (non-hydrogen) atoms. The summed E-state index contributed by atoms with van der Waals surface area (Å²) in [4.78, 5) is 1.92. The van der Waals surface area contributed by atoms with Crippen LogP contribution in [-0.2, 0) is 6.42 Å². The number of nitrogens with zero attached hydrogens (tertiary/aromatic N) is 1. The van der Waals surface area contributed by atoms with E-state index in [9.17, 15) is 8.78 Å². The molecule has 1 aromatic rings. The van der Waals surface area contributed by atoms with Crippen LogP contribution in [-0.4, -0.2) is 42.5 Å². The highest BCUT2D eigenvalue weighted by molar-refractivity contribution is 5.16. The van der Waals surface area contributed by atoms with Gasteiger partial charge in [0.1, 0.15) is 0 Å². The van der Waals surface area contributed by atoms with Gasteiger partial charge >= 0.3 is 0 Å². The monoisotopic (exact) mass is 268 g/mol. The predicted molar refractivity (Wildman–Crippen MR) is 73.6 cm³/mol. The first-order valence-electron chi connectivity index (χ1n) is 6.77. The second-order valence-corrected chi connectivity index (χ2v) is 5.93. The molecule has 4 heteroatoms. The van der Waals surface area contributed by atoms with Crippen LogP contribution in [0, 0.1) is 0 Å². The maximum Gasteiger partial charge on any atom is 0.251 e. The molecule has 1 aliphatic rings. The number of hydrogen-bond donors (Lipinski definition) is 1. The molecule has 1 heterocycles. The van der Waals surface area contributed by atoms with Crippen LogP contribution in [0.15, 0.2) is 30.3 Å². The van der Waals surface area contributed by atoms with E-state index in [0.717, 1.165) is 13.0 Å². The van der Waals surface area contributed by atoms with Crippen molar-refractivity contribution in [3.63, 3.8) is 0 Å². The quantitative estimate of drug-likeness (QED) is 0.903. The third kappa shape index (κ3) is 4.25. The predicted octanol–water partition coefficient (Wildman–Crippen LogP) is 2.55. The summed E-state index contributed by atoms with van der Waals surface area (Å²) in [6.07, 6.45) is -1.46. The van der Waals surface area contributed by atoms with Crippen LogP contribution in [0.3, 0.4) is 0 Å². The van der Waals surface area contributed by atoms with Gasteiger partial charge in [0.2, 0.25) is 0 Å². The van der Waals surface area contributed by atoms with Gasteiger partial charge in [-0.2, -0.15) is 0 Å². The van der Waals surface area contributed by atoms with Gasteiger partial charge in [-0.05, 0) is 25.8 Å². The Labute approximate surface area is 113 Å². The van der Waals surface area contributed by atoms with Crippen molar-refractivity contribution < 1.29 is 8.78 Å². The zero-order chi connectivity index (χ0) is 13.9. The Morgan fingerprint density at radius 2 is 2.00 bits per heavy atom. The first-order chi connectivity index (χ1) is 8.96. The SMILES string of the molecule is CC1(C)CN(CC(F)F)C(Cc2ccccc2)CN1. The van der Waals surface area contributed by atoms with E-state index in [0.29, 0.717) is 6.54 Å². The molecule has 1 aromatic carbocycles. The highest BCUT2D eigenvalue weighted by Gasteiger charge is 2.33. The number of alkyl halides is 2. The number of piperazine rings is 1. The van der Waals surface area contributed by atoms with Crippen LogP contribution in [0.5, 0.6) is 0 Å². The van der Waals surface area contributed by atoms with Crippen molar-refractivity contribution in [3.05, 3.63) is 35.9 Å². The minimum absolute atomic E-state index is 0.0952. The Balaban J connectivity index is 2.04. The van der Waals surface area contributed by atoms with E-state index in [1.54, 1.807) is 0 Å². The van der Waals surface area contributed by atoms with Crippen molar-refractivity contribution >= 4 is 0 Å². The van der Waals surface area contributed by atoms with Gasteiger partial charge in [0.05, 0.1) is 6.54 Å². The van der Waals surface area contributed by atoms with Crippen molar-refractivity contribution in [1.29, 1.82) is 0 Å². The molecule has 0 aliphatic carbocycles. The number of halogens is 2. The number of rotatable bonds is 4. The molecule has 0 bridgehead atoms. The van der Waals surface area contributed by atoms with Crippen molar-refractivity contribution in [1.82, 2.24) is 10.2 Å². The fraction of sp³-hybridized carbons (Fsp3) is 0.600. The van der Waals surface area contributed by atoms with Crippen molar-refractivity contribution in [2.75, 3.05) is 19.6 Å². The third-order valence-corrected chi connectivity index (χ3v) is 3.62. The van der Waals surface area contributed by atoms with Crippen LogP contribution in [0.2, 0.25) is 0 Å². The van der Waals surface area contributed by atoms with Crippen LogP contribution < -0.4 is 5.32 Å². The van der Waals surface area contributed by atoms with Gasteiger partial charge < -0.3 is 5.32 Å². The highest BCUT2D eigenvalue weighted by Crippen LogP contribution is 2.19. The second kappa shape index (κ2) is 5.97. The van der Waals surface area contributed by atoms with E-state index in [2.05, 4.69) is 31.3 Å². The average molecular weight is 268 g/mol. The lowest BCUT2D eigenvalue weighted by molar-refractivity contribution is 0.0280. The highest BCUT2D eigenvalue weighted by atomic mass is 19.3. The smallest absolute Gasteiger partial charge is 0.251 e. The summed E-state index contributed by atoms with van der Waals surface area (Å²) in [6, 6.07) is 10.2. The van der Waals surface area contributed by atoms with E-state index in [1.165, 1.54) is 5.56 Å². The first-order valence-corrected chi connectivity index (χ1v) is 6.77. The molecular formula is C15H22F2N2. The van der Waals surface area contributed by atoms with Gasteiger partial charge in [0.25, 0.3) is 6.43 Å². The summed E-state index contributed by atoms with van der Waals surface area (Å²) in [5.74, 6) is 0. The molecule has 1 aliphatic heterocycles. The van der Waals surface area contributed by atoms with E-state index < -0.39 is 6.43 Å². The normalized spacial score (nSPS) is 23.7. The van der Waals surface area contributed by atoms with Gasteiger partial charge in [0.15, 0.2) is 0 Å². The molecule has 1 fully saturated rings. The van der Waals surface area contributed by atoms with Crippen molar-refractivity contribution in [3.8, 4) is 0 Å². The van der Waals surface area contributed by atoms with Gasteiger partial charge in [-0.25, -0.2) is 8.78 Å². The van der Waals surface area contributed by atoms with Crippen molar-refractivity contribution in [2.45, 2.75) is 38.3 Å². The molecule has 2 rings (SSSR count). The van der Waals surface area contributed by atoms with E-state index in [-0.39, 0.29) is 18.1 Å². The largest absolute Gasteiger partial charge is 0.309 e. The second-order valence-electron chi connectivity index (χ2n) is 5.93. The summed E-state index contributed by atoms with van der Waals surface area (Å²) in [5.41, 5.74) is 1.11. The van der Waals surface area contributed by atoms with E-state index in [1.807, 2.05) is 23.1 Å². The summed E-state index contributed by atoms with van der Waals surface area (Å²) in [5, 5.41) is 3.45. The van der Waals surface area contributed by atoms with Gasteiger partial charge in [-0.1, -0.05) is 30.3 Å². The Hall–Kier alpha value is -1.00. The van der Waals surface area contributed by atoms with Gasteiger partial charge in [0, 0.05) is 24.7 Å². The molecule has 0 aromatic heterocycles. The fourth-order valence-electron chi connectivity index (χ4n) is 2.69. The lowest BCUT2D eigenvalue weighted by atomic mass is 9.95. The van der Waals surface area contributed by atoms with Gasteiger partial charge in [-0.3, -0.25) is 4.90 Å². The summed E-state index contributed by atoms with van der Waals surface area (Å²) < 4.78 is 25.4. The van der Waals surface area contributed by atoms with E-state index >= 15 is 0 Å². The Morgan fingerprint density at radius 1 is 1.32 bits per heavy atom. The number of nitrogens with one attached hydrogen (secondary N) is 1. The molecule has 0 saturated carbocycles. The topological polar surface area (TPSA) is 15.3 Å². The molecule has 0 radical (unpaired) electrons. The molecule has 1 saturated heterocycles. The van der Waals surface area contributed by atoms with Gasteiger partial charge in [-0.15, -0.1) is 0 Å². The summed E-state index contributed by atoms with van der Waals surface area (Å²) >= 11 is 0. The lowest BCUT2D eigenvalue weighted by Crippen LogP contribution is -2.62. The molecule has 0 spiro atoms. The van der Waals surface area contributed by atoms with Crippen LogP contribution in [0.4, 0.5) is 8.78 Å². The fourth-order valence-corrected chi connectivity index (χ4v) is 2.69. The summed E-state index contributed by atoms with van der Waals surface area (Å²) in [6.45, 7) is 5.40. The number of benzene rings is 1. The first kappa shape index (κ1) is 14.4. The number of hydrogen-bond acceptors (Lipinski definition) is 2. The third-order valence-electron chi connectivity index (χ3n) is 3.62. The molecule has 0 amide bonds. The Morgan fingerprint density at radius 3 is 2.63 bits per heavy atom. The maximum atomic E-state index is 12.7. The molecule has 1 N–H and O–H groups in total. The zero-order valence-electron chi connectivity index (χ0n) is 11.6. The zero-order valence-corrected chi connectivity index (χ0v) is 11.6.